The fourth-order valence-electron chi connectivity index (χ4n) is 5.42. The molecule has 1 heterocycles. The van der Waals surface area contributed by atoms with Crippen LogP contribution in [-0.2, 0) is 11.3 Å². The standard InChI is InChI=1S/C33H38N2O2S/c1-2-38-32-15-5-23(6-16-32)21-34-33(36)26-11-13-29(14-12-26)35(22-31-4-3-17-37-31)30-19-27(24-7-8-24)18-28(20-30)25-9-10-25/h5-6,11-16,18-20,24-25,31H,2-4,7-10,17,21-22H2,1H3,(H,34,36). The third kappa shape index (κ3) is 6.27. The lowest BCUT2D eigenvalue weighted by Crippen LogP contribution is -2.28. The number of anilines is 2. The summed E-state index contributed by atoms with van der Waals surface area (Å²) in [5.41, 5.74) is 7.19. The normalized spacial score (nSPS) is 18.9. The number of nitrogens with one attached hydrogen (secondary N) is 1. The van der Waals surface area contributed by atoms with Gasteiger partial charge in [-0.05, 0) is 121 Å². The summed E-state index contributed by atoms with van der Waals surface area (Å²) in [6, 6.07) is 23.8. The minimum absolute atomic E-state index is 0.0408. The number of rotatable bonds is 11. The van der Waals surface area contributed by atoms with Gasteiger partial charge in [0, 0.05) is 41.5 Å². The first-order chi connectivity index (χ1) is 18.7. The Kier molecular flexibility index (Phi) is 7.75. The molecule has 1 unspecified atom stereocenters. The van der Waals surface area contributed by atoms with Crippen LogP contribution in [0.3, 0.4) is 0 Å². The molecule has 2 saturated carbocycles. The first-order valence-corrected chi connectivity index (χ1v) is 15.3. The Morgan fingerprint density at radius 1 is 0.895 bits per heavy atom. The molecule has 0 radical (unpaired) electrons. The number of benzene rings is 3. The molecule has 1 amide bonds. The second-order valence-electron chi connectivity index (χ2n) is 11.0. The molecule has 0 aromatic heterocycles. The van der Waals surface area contributed by atoms with Crippen LogP contribution in [0.4, 0.5) is 11.4 Å². The number of hydrogen-bond donors (Lipinski definition) is 1. The van der Waals surface area contributed by atoms with Crippen LogP contribution in [0.15, 0.2) is 71.6 Å². The number of ether oxygens (including phenoxy) is 1. The van der Waals surface area contributed by atoms with Crippen molar-refractivity contribution in [1.82, 2.24) is 5.32 Å². The highest BCUT2D eigenvalue weighted by molar-refractivity contribution is 7.99. The summed E-state index contributed by atoms with van der Waals surface area (Å²) < 4.78 is 6.06. The van der Waals surface area contributed by atoms with E-state index in [1.807, 2.05) is 23.9 Å². The van der Waals surface area contributed by atoms with Crippen molar-refractivity contribution in [3.63, 3.8) is 0 Å². The zero-order valence-corrected chi connectivity index (χ0v) is 23.1. The molecule has 0 bridgehead atoms. The number of carbonyl (C=O) groups is 1. The Balaban J connectivity index is 1.19. The predicted octanol–water partition coefficient (Wildman–Crippen LogP) is 7.80. The maximum absolute atomic E-state index is 12.9. The molecular weight excluding hydrogens is 488 g/mol. The molecule has 3 aromatic carbocycles. The lowest BCUT2D eigenvalue weighted by molar-refractivity contribution is 0.0951. The van der Waals surface area contributed by atoms with Crippen LogP contribution in [0, 0.1) is 0 Å². The predicted molar refractivity (Wildman–Crippen MR) is 157 cm³/mol. The number of hydrogen-bond acceptors (Lipinski definition) is 4. The molecule has 3 aromatic rings. The number of nitrogens with zero attached hydrogens (tertiary/aromatic N) is 1. The van der Waals surface area contributed by atoms with Crippen LogP contribution >= 0.6 is 11.8 Å². The Hall–Kier alpha value is -2.76. The van der Waals surface area contributed by atoms with Gasteiger partial charge in [-0.1, -0.05) is 25.1 Å². The summed E-state index contributed by atoms with van der Waals surface area (Å²) in [6.07, 6.45) is 7.72. The molecule has 1 N–H and O–H groups in total. The highest BCUT2D eigenvalue weighted by Gasteiger charge is 2.30. The highest BCUT2D eigenvalue weighted by atomic mass is 32.2. The summed E-state index contributed by atoms with van der Waals surface area (Å²) in [7, 11) is 0. The lowest BCUT2D eigenvalue weighted by atomic mass is 10.0. The van der Waals surface area contributed by atoms with Crippen LogP contribution in [0.5, 0.6) is 0 Å². The SMILES string of the molecule is CCSc1ccc(CNC(=O)c2ccc(N(CC3CCCO3)c3cc(C4CC4)cc(C4CC4)c3)cc2)cc1. The summed E-state index contributed by atoms with van der Waals surface area (Å²) in [5.74, 6) is 2.47. The first kappa shape index (κ1) is 25.5. The molecule has 198 valence electrons. The molecule has 38 heavy (non-hydrogen) atoms. The lowest BCUT2D eigenvalue weighted by Gasteiger charge is -2.29. The molecule has 4 nitrogen and oxygen atoms in total. The van der Waals surface area contributed by atoms with E-state index in [0.717, 1.165) is 54.8 Å². The minimum Gasteiger partial charge on any atom is -0.376 e. The van der Waals surface area contributed by atoms with E-state index in [4.69, 9.17) is 4.74 Å². The molecule has 2 aliphatic carbocycles. The van der Waals surface area contributed by atoms with Gasteiger partial charge in [0.15, 0.2) is 0 Å². The number of amides is 1. The van der Waals surface area contributed by atoms with E-state index >= 15 is 0 Å². The van der Waals surface area contributed by atoms with Gasteiger partial charge in [0.25, 0.3) is 5.91 Å². The van der Waals surface area contributed by atoms with Crippen molar-refractivity contribution >= 4 is 29.0 Å². The monoisotopic (exact) mass is 526 g/mol. The smallest absolute Gasteiger partial charge is 0.251 e. The van der Waals surface area contributed by atoms with Crippen molar-refractivity contribution in [2.75, 3.05) is 23.8 Å². The van der Waals surface area contributed by atoms with Crippen molar-refractivity contribution < 1.29 is 9.53 Å². The van der Waals surface area contributed by atoms with E-state index in [2.05, 4.69) is 71.7 Å². The Morgan fingerprint density at radius 2 is 1.58 bits per heavy atom. The largest absolute Gasteiger partial charge is 0.376 e. The van der Waals surface area contributed by atoms with Gasteiger partial charge in [0.05, 0.1) is 6.10 Å². The topological polar surface area (TPSA) is 41.6 Å². The van der Waals surface area contributed by atoms with Gasteiger partial charge >= 0.3 is 0 Å². The highest BCUT2D eigenvalue weighted by Crippen LogP contribution is 2.47. The van der Waals surface area contributed by atoms with Gasteiger partial charge < -0.3 is 15.0 Å². The van der Waals surface area contributed by atoms with E-state index in [1.54, 1.807) is 0 Å². The fourth-order valence-corrected chi connectivity index (χ4v) is 6.08. The van der Waals surface area contributed by atoms with Gasteiger partial charge in [-0.3, -0.25) is 4.79 Å². The quantitative estimate of drug-likeness (QED) is 0.259. The number of carbonyl (C=O) groups excluding carboxylic acids is 1. The van der Waals surface area contributed by atoms with Crippen LogP contribution in [0.25, 0.3) is 0 Å². The van der Waals surface area contributed by atoms with Gasteiger partial charge in [0.2, 0.25) is 0 Å². The van der Waals surface area contributed by atoms with Crippen LogP contribution in [0.1, 0.15) is 84.3 Å². The van der Waals surface area contributed by atoms with Crippen LogP contribution < -0.4 is 10.2 Å². The first-order valence-electron chi connectivity index (χ1n) is 14.3. The average molecular weight is 527 g/mol. The zero-order chi connectivity index (χ0) is 25.9. The molecule has 1 aliphatic heterocycles. The van der Waals surface area contributed by atoms with Crippen LogP contribution in [-0.4, -0.2) is 30.9 Å². The zero-order valence-electron chi connectivity index (χ0n) is 22.3. The third-order valence-electron chi connectivity index (χ3n) is 7.91. The number of thioether (sulfide) groups is 1. The molecule has 5 heteroatoms. The summed E-state index contributed by atoms with van der Waals surface area (Å²) in [4.78, 5) is 16.6. The molecule has 1 atom stereocenters. The third-order valence-corrected chi connectivity index (χ3v) is 8.80. The van der Waals surface area contributed by atoms with Crippen molar-refractivity contribution in [3.05, 3.63) is 89.0 Å². The Labute approximate surface area is 231 Å². The average Bonchev–Trinajstić information content (AvgIpc) is 3.89. The van der Waals surface area contributed by atoms with Gasteiger partial charge in [-0.2, -0.15) is 0 Å². The van der Waals surface area contributed by atoms with E-state index in [-0.39, 0.29) is 12.0 Å². The molecule has 0 spiro atoms. The van der Waals surface area contributed by atoms with E-state index in [0.29, 0.717) is 12.1 Å². The summed E-state index contributed by atoms with van der Waals surface area (Å²) >= 11 is 1.83. The van der Waals surface area contributed by atoms with E-state index < -0.39 is 0 Å². The molecule has 1 saturated heterocycles. The van der Waals surface area contributed by atoms with E-state index in [9.17, 15) is 4.79 Å². The minimum atomic E-state index is -0.0408. The van der Waals surface area contributed by atoms with Crippen molar-refractivity contribution in [3.8, 4) is 0 Å². The molecular formula is C33H38N2O2S. The van der Waals surface area contributed by atoms with Crippen LogP contribution in [0.2, 0.25) is 0 Å². The second kappa shape index (κ2) is 11.5. The Morgan fingerprint density at radius 3 is 2.16 bits per heavy atom. The summed E-state index contributed by atoms with van der Waals surface area (Å²) in [5, 5.41) is 3.08. The van der Waals surface area contributed by atoms with Crippen molar-refractivity contribution in [2.45, 2.75) is 74.8 Å². The van der Waals surface area contributed by atoms with Crippen molar-refractivity contribution in [2.24, 2.45) is 0 Å². The van der Waals surface area contributed by atoms with Crippen molar-refractivity contribution in [1.29, 1.82) is 0 Å². The van der Waals surface area contributed by atoms with E-state index in [1.165, 1.54) is 47.4 Å². The fraction of sp³-hybridized carbons (Fsp3) is 0.424. The molecule has 3 aliphatic rings. The van der Waals surface area contributed by atoms with Gasteiger partial charge in [0.1, 0.15) is 0 Å². The Bertz CT molecular complexity index is 1210. The maximum atomic E-state index is 12.9. The molecule has 3 fully saturated rings. The van der Waals surface area contributed by atoms with Gasteiger partial charge in [-0.25, -0.2) is 0 Å². The maximum Gasteiger partial charge on any atom is 0.251 e. The molecule has 6 rings (SSSR count). The van der Waals surface area contributed by atoms with Gasteiger partial charge in [-0.15, -0.1) is 11.8 Å². The second-order valence-corrected chi connectivity index (χ2v) is 12.3. The summed E-state index contributed by atoms with van der Waals surface area (Å²) in [6.45, 7) is 4.38.